The van der Waals surface area contributed by atoms with Gasteiger partial charge >= 0.3 is 0 Å². The SMILES string of the molecule is CC(C)(C)n1cc(CNc2cccc3[nH]ncc23)nn1. The van der Waals surface area contributed by atoms with E-state index in [0.717, 1.165) is 22.3 Å². The highest BCUT2D eigenvalue weighted by atomic mass is 15.4. The van der Waals surface area contributed by atoms with Crippen LogP contribution < -0.4 is 5.32 Å². The average Bonchev–Trinajstić information content (AvgIpc) is 3.04. The summed E-state index contributed by atoms with van der Waals surface area (Å²) >= 11 is 0. The predicted molar refractivity (Wildman–Crippen MR) is 78.4 cm³/mol. The number of nitrogens with zero attached hydrogens (tertiary/aromatic N) is 4. The fraction of sp³-hybridized carbons (Fsp3) is 0.357. The highest BCUT2D eigenvalue weighted by Gasteiger charge is 2.15. The summed E-state index contributed by atoms with van der Waals surface area (Å²) in [5, 5.41) is 19.8. The van der Waals surface area contributed by atoms with Crippen molar-refractivity contribution in [2.24, 2.45) is 0 Å². The van der Waals surface area contributed by atoms with Crippen molar-refractivity contribution in [1.82, 2.24) is 25.2 Å². The summed E-state index contributed by atoms with van der Waals surface area (Å²) in [4.78, 5) is 0. The molecule has 1 aromatic carbocycles. The summed E-state index contributed by atoms with van der Waals surface area (Å²) in [6, 6.07) is 6.03. The molecular formula is C14H18N6. The zero-order valence-electron chi connectivity index (χ0n) is 11.9. The Labute approximate surface area is 117 Å². The summed E-state index contributed by atoms with van der Waals surface area (Å²) in [5.41, 5.74) is 2.94. The Kier molecular flexibility index (Phi) is 2.93. The Hall–Kier alpha value is -2.37. The molecule has 0 saturated heterocycles. The van der Waals surface area contributed by atoms with Crippen LogP contribution in [0.25, 0.3) is 10.9 Å². The second-order valence-electron chi connectivity index (χ2n) is 5.82. The number of aromatic amines is 1. The molecule has 104 valence electrons. The minimum Gasteiger partial charge on any atom is -0.379 e. The monoisotopic (exact) mass is 270 g/mol. The van der Waals surface area contributed by atoms with Gasteiger partial charge in [0.1, 0.15) is 5.69 Å². The number of hydrogen-bond donors (Lipinski definition) is 2. The number of H-pyrrole nitrogens is 1. The molecule has 20 heavy (non-hydrogen) atoms. The van der Waals surface area contributed by atoms with Gasteiger partial charge in [0.25, 0.3) is 0 Å². The van der Waals surface area contributed by atoms with Crippen molar-refractivity contribution in [3.8, 4) is 0 Å². The van der Waals surface area contributed by atoms with Crippen LogP contribution in [0.2, 0.25) is 0 Å². The largest absolute Gasteiger partial charge is 0.379 e. The van der Waals surface area contributed by atoms with Gasteiger partial charge in [0, 0.05) is 11.1 Å². The summed E-state index contributed by atoms with van der Waals surface area (Å²) in [6.45, 7) is 6.95. The lowest BCUT2D eigenvalue weighted by atomic mass is 10.1. The van der Waals surface area contributed by atoms with Crippen LogP contribution in [0.1, 0.15) is 26.5 Å². The molecule has 0 fully saturated rings. The van der Waals surface area contributed by atoms with Crippen LogP contribution >= 0.6 is 0 Å². The molecule has 2 aromatic heterocycles. The molecule has 0 unspecified atom stereocenters. The zero-order chi connectivity index (χ0) is 14.2. The van der Waals surface area contributed by atoms with Gasteiger partial charge < -0.3 is 5.32 Å². The second kappa shape index (κ2) is 4.63. The molecule has 2 N–H and O–H groups in total. The van der Waals surface area contributed by atoms with Crippen molar-refractivity contribution in [2.75, 3.05) is 5.32 Å². The first-order valence-corrected chi connectivity index (χ1v) is 6.62. The van der Waals surface area contributed by atoms with E-state index >= 15 is 0 Å². The van der Waals surface area contributed by atoms with E-state index < -0.39 is 0 Å². The minimum atomic E-state index is -0.0458. The van der Waals surface area contributed by atoms with Crippen LogP contribution in [-0.2, 0) is 12.1 Å². The zero-order valence-corrected chi connectivity index (χ0v) is 11.9. The summed E-state index contributed by atoms with van der Waals surface area (Å²) in [6.07, 6.45) is 3.80. The Morgan fingerprint density at radius 2 is 2.15 bits per heavy atom. The average molecular weight is 270 g/mol. The van der Waals surface area contributed by atoms with E-state index in [1.165, 1.54) is 0 Å². The van der Waals surface area contributed by atoms with Crippen LogP contribution in [0.3, 0.4) is 0 Å². The van der Waals surface area contributed by atoms with E-state index in [9.17, 15) is 0 Å². The lowest BCUT2D eigenvalue weighted by Gasteiger charge is -2.17. The third-order valence-corrected chi connectivity index (χ3v) is 3.17. The van der Waals surface area contributed by atoms with Gasteiger partial charge in [-0.2, -0.15) is 5.10 Å². The molecule has 6 nitrogen and oxygen atoms in total. The molecule has 3 aromatic rings. The molecular weight excluding hydrogens is 252 g/mol. The normalized spacial score (nSPS) is 11.9. The molecule has 0 saturated carbocycles. The van der Waals surface area contributed by atoms with Gasteiger partial charge in [-0.1, -0.05) is 11.3 Å². The first-order chi connectivity index (χ1) is 9.54. The van der Waals surface area contributed by atoms with Crippen molar-refractivity contribution in [1.29, 1.82) is 0 Å². The number of aromatic nitrogens is 5. The van der Waals surface area contributed by atoms with E-state index in [-0.39, 0.29) is 5.54 Å². The molecule has 0 spiro atoms. The number of nitrogens with one attached hydrogen (secondary N) is 2. The van der Waals surface area contributed by atoms with E-state index in [0.29, 0.717) is 6.54 Å². The van der Waals surface area contributed by atoms with Crippen LogP contribution in [0.15, 0.2) is 30.6 Å². The number of anilines is 1. The molecule has 0 aliphatic rings. The van der Waals surface area contributed by atoms with Crippen molar-refractivity contribution in [2.45, 2.75) is 32.9 Å². The van der Waals surface area contributed by atoms with Crippen LogP contribution in [0.4, 0.5) is 5.69 Å². The first kappa shape index (κ1) is 12.7. The molecule has 3 rings (SSSR count). The Morgan fingerprint density at radius 1 is 1.30 bits per heavy atom. The van der Waals surface area contributed by atoms with Gasteiger partial charge in [-0.15, -0.1) is 5.10 Å². The fourth-order valence-corrected chi connectivity index (χ4v) is 2.02. The topological polar surface area (TPSA) is 71.4 Å². The van der Waals surface area contributed by atoms with Crippen molar-refractivity contribution in [3.63, 3.8) is 0 Å². The third-order valence-electron chi connectivity index (χ3n) is 3.17. The Morgan fingerprint density at radius 3 is 2.90 bits per heavy atom. The highest BCUT2D eigenvalue weighted by Crippen LogP contribution is 2.21. The van der Waals surface area contributed by atoms with Crippen molar-refractivity contribution >= 4 is 16.6 Å². The standard InChI is InChI=1S/C14H18N6/c1-14(2,3)20-9-10(17-19-20)7-15-12-5-4-6-13-11(12)8-16-18-13/h4-6,8-9,15H,7H2,1-3H3,(H,16,18). The molecule has 0 bridgehead atoms. The Bertz CT molecular complexity index is 718. The maximum atomic E-state index is 4.19. The first-order valence-electron chi connectivity index (χ1n) is 6.62. The van der Waals surface area contributed by atoms with Gasteiger partial charge in [0.15, 0.2) is 0 Å². The van der Waals surface area contributed by atoms with Crippen LogP contribution in [0.5, 0.6) is 0 Å². The fourth-order valence-electron chi connectivity index (χ4n) is 2.02. The maximum absolute atomic E-state index is 4.19. The lowest BCUT2D eigenvalue weighted by Crippen LogP contribution is -2.22. The van der Waals surface area contributed by atoms with Gasteiger partial charge in [-0.25, -0.2) is 4.68 Å². The predicted octanol–water partition coefficient (Wildman–Crippen LogP) is 2.52. The molecule has 6 heteroatoms. The van der Waals surface area contributed by atoms with E-state index in [4.69, 9.17) is 0 Å². The third kappa shape index (κ3) is 2.36. The summed E-state index contributed by atoms with van der Waals surface area (Å²) in [5.74, 6) is 0. The molecule has 0 radical (unpaired) electrons. The van der Waals surface area contributed by atoms with Crippen molar-refractivity contribution < 1.29 is 0 Å². The van der Waals surface area contributed by atoms with E-state index in [1.54, 1.807) is 0 Å². The summed E-state index contributed by atoms with van der Waals surface area (Å²) < 4.78 is 1.88. The maximum Gasteiger partial charge on any atom is 0.102 e. The Balaban J connectivity index is 1.76. The molecule has 0 atom stereocenters. The quantitative estimate of drug-likeness (QED) is 0.767. The number of fused-ring (bicyclic) bond motifs is 1. The van der Waals surface area contributed by atoms with Crippen molar-refractivity contribution in [3.05, 3.63) is 36.3 Å². The van der Waals surface area contributed by atoms with Gasteiger partial charge in [0.05, 0.1) is 30.0 Å². The second-order valence-corrected chi connectivity index (χ2v) is 5.82. The van der Waals surface area contributed by atoms with Gasteiger partial charge in [0.2, 0.25) is 0 Å². The smallest absolute Gasteiger partial charge is 0.102 e. The van der Waals surface area contributed by atoms with E-state index in [2.05, 4.69) is 46.6 Å². The van der Waals surface area contributed by atoms with Gasteiger partial charge in [-0.3, -0.25) is 5.10 Å². The number of benzene rings is 1. The molecule has 2 heterocycles. The van der Waals surface area contributed by atoms with Gasteiger partial charge in [-0.05, 0) is 32.9 Å². The lowest BCUT2D eigenvalue weighted by molar-refractivity contribution is 0.347. The number of hydrogen-bond acceptors (Lipinski definition) is 4. The minimum absolute atomic E-state index is 0.0458. The molecule has 0 aliphatic heterocycles. The summed E-state index contributed by atoms with van der Waals surface area (Å²) in [7, 11) is 0. The van der Waals surface area contributed by atoms with E-state index in [1.807, 2.05) is 35.3 Å². The van der Waals surface area contributed by atoms with Crippen LogP contribution in [-0.4, -0.2) is 25.2 Å². The molecule has 0 amide bonds. The number of rotatable bonds is 3. The highest BCUT2D eigenvalue weighted by molar-refractivity contribution is 5.90. The van der Waals surface area contributed by atoms with Crippen LogP contribution in [0, 0.1) is 0 Å². The molecule has 0 aliphatic carbocycles.